The van der Waals surface area contributed by atoms with Crippen molar-refractivity contribution in [1.82, 2.24) is 16.0 Å². The highest BCUT2D eigenvalue weighted by Crippen LogP contribution is 2.34. The maximum atomic E-state index is 11.8. The molecule has 9 nitrogen and oxygen atoms in total. The van der Waals surface area contributed by atoms with Crippen LogP contribution in [0.1, 0.15) is 26.3 Å². The second-order valence-corrected chi connectivity index (χ2v) is 6.18. The summed E-state index contributed by atoms with van der Waals surface area (Å²) in [6.45, 7) is 5.28. The number of carbonyl (C=O) groups is 1. The summed E-state index contributed by atoms with van der Waals surface area (Å²) in [5.74, 6) is -0.185. The van der Waals surface area contributed by atoms with Gasteiger partial charge >= 0.3 is 11.7 Å². The number of hydrazine groups is 2. The molecule has 0 amide bonds. The number of nitrogens with one attached hydrogen (secondary N) is 2. The third-order valence-corrected chi connectivity index (χ3v) is 3.25. The molecule has 0 unspecified atom stereocenters. The van der Waals surface area contributed by atoms with Crippen LogP contribution in [0, 0.1) is 15.5 Å². The molecular formula is C15H20N4O5. The van der Waals surface area contributed by atoms with E-state index in [9.17, 15) is 14.9 Å². The second kappa shape index (κ2) is 6.75. The van der Waals surface area contributed by atoms with Crippen LogP contribution in [0.25, 0.3) is 5.70 Å². The van der Waals surface area contributed by atoms with Crippen molar-refractivity contribution in [1.29, 1.82) is 0 Å². The Bertz CT molecular complexity index is 681. The first kappa shape index (κ1) is 17.5. The van der Waals surface area contributed by atoms with Gasteiger partial charge in [-0.1, -0.05) is 6.07 Å². The summed E-state index contributed by atoms with van der Waals surface area (Å²) in [6, 6.07) is 4.63. The largest absolute Gasteiger partial charge is 0.490 e. The van der Waals surface area contributed by atoms with Gasteiger partial charge in [0.2, 0.25) is 5.75 Å². The molecule has 2 N–H and O–H groups in total. The third kappa shape index (κ3) is 3.74. The van der Waals surface area contributed by atoms with Crippen LogP contribution in [-0.4, -0.2) is 29.7 Å². The third-order valence-electron chi connectivity index (χ3n) is 3.25. The zero-order valence-corrected chi connectivity index (χ0v) is 14.0. The molecule has 0 saturated carbocycles. The van der Waals surface area contributed by atoms with Crippen molar-refractivity contribution in [2.75, 3.05) is 13.8 Å². The lowest BCUT2D eigenvalue weighted by Crippen LogP contribution is -2.39. The van der Waals surface area contributed by atoms with E-state index in [4.69, 9.17) is 9.47 Å². The van der Waals surface area contributed by atoms with Crippen LogP contribution in [-0.2, 0) is 9.53 Å². The normalized spacial score (nSPS) is 14.0. The number of hydrogen-bond acceptors (Lipinski definition) is 8. The molecule has 0 spiro atoms. The number of para-hydroxylation sites is 1. The Morgan fingerprint density at radius 2 is 2.08 bits per heavy atom. The standard InChI is InChI=1S/C15H20N4O5/c1-15(2,3)14(20)24-9-18-8-11(16-17-18)10-6-5-7-12(19(21)22)13(10)23-4/h5-8,16-17H,9H2,1-4H3. The molecule has 1 aliphatic rings. The van der Waals surface area contributed by atoms with Crippen molar-refractivity contribution in [3.05, 3.63) is 40.1 Å². The quantitative estimate of drug-likeness (QED) is 0.476. The van der Waals surface area contributed by atoms with Crippen LogP contribution in [0.4, 0.5) is 5.69 Å². The van der Waals surface area contributed by atoms with E-state index in [1.54, 1.807) is 39.1 Å². The number of benzene rings is 1. The molecule has 1 aromatic rings. The molecule has 9 heteroatoms. The van der Waals surface area contributed by atoms with Crippen molar-refractivity contribution in [3.8, 4) is 5.75 Å². The number of hydrogen-bond donors (Lipinski definition) is 2. The number of nitrogens with zero attached hydrogens (tertiary/aromatic N) is 2. The molecule has 0 radical (unpaired) electrons. The van der Waals surface area contributed by atoms with E-state index in [-0.39, 0.29) is 24.1 Å². The first-order chi connectivity index (χ1) is 11.2. The first-order valence-corrected chi connectivity index (χ1v) is 7.23. The average Bonchev–Trinajstić information content (AvgIpc) is 2.99. The molecule has 0 aliphatic carbocycles. The zero-order chi connectivity index (χ0) is 17.9. The van der Waals surface area contributed by atoms with Crippen LogP contribution in [0.5, 0.6) is 5.75 Å². The zero-order valence-electron chi connectivity index (χ0n) is 14.0. The van der Waals surface area contributed by atoms with E-state index < -0.39 is 10.3 Å². The van der Waals surface area contributed by atoms with Gasteiger partial charge in [-0.15, -0.1) is 5.53 Å². The molecule has 1 heterocycles. The maximum absolute atomic E-state index is 11.8. The van der Waals surface area contributed by atoms with Crippen molar-refractivity contribution < 1.29 is 19.2 Å². The number of rotatable bonds is 5. The summed E-state index contributed by atoms with van der Waals surface area (Å²) < 4.78 is 10.4. The van der Waals surface area contributed by atoms with Crippen LogP contribution < -0.4 is 15.7 Å². The fourth-order valence-electron chi connectivity index (χ4n) is 2.00. The van der Waals surface area contributed by atoms with Gasteiger partial charge in [0, 0.05) is 17.8 Å². The van der Waals surface area contributed by atoms with Crippen LogP contribution in [0.15, 0.2) is 24.4 Å². The van der Waals surface area contributed by atoms with Crippen molar-refractivity contribution in [2.24, 2.45) is 5.41 Å². The summed E-state index contributed by atoms with van der Waals surface area (Å²) >= 11 is 0. The molecule has 0 saturated heterocycles. The summed E-state index contributed by atoms with van der Waals surface area (Å²) in [5.41, 5.74) is 6.02. The van der Waals surface area contributed by atoms with Gasteiger partial charge in [-0.3, -0.25) is 19.9 Å². The Labute approximate surface area is 139 Å². The highest BCUT2D eigenvalue weighted by Gasteiger charge is 2.26. The van der Waals surface area contributed by atoms with Gasteiger partial charge in [-0.2, -0.15) is 0 Å². The molecule has 0 atom stereocenters. The number of nitro benzene ring substituents is 1. The molecule has 1 aromatic carbocycles. The lowest BCUT2D eigenvalue weighted by molar-refractivity contribution is -0.385. The van der Waals surface area contributed by atoms with Crippen LogP contribution >= 0.6 is 0 Å². The van der Waals surface area contributed by atoms with Gasteiger partial charge < -0.3 is 14.9 Å². The molecule has 0 fully saturated rings. The van der Waals surface area contributed by atoms with Crippen molar-refractivity contribution in [2.45, 2.75) is 20.8 Å². The Hall–Kier alpha value is -2.81. The molecule has 2 rings (SSSR count). The topological polar surface area (TPSA) is 106 Å². The summed E-state index contributed by atoms with van der Waals surface area (Å²) in [7, 11) is 1.37. The Kier molecular flexibility index (Phi) is 4.93. The lowest BCUT2D eigenvalue weighted by atomic mass is 9.98. The molecule has 0 bridgehead atoms. The van der Waals surface area contributed by atoms with E-state index in [2.05, 4.69) is 11.0 Å². The molecular weight excluding hydrogens is 316 g/mol. The van der Waals surface area contributed by atoms with Crippen LogP contribution in [0.2, 0.25) is 0 Å². The van der Waals surface area contributed by atoms with E-state index in [1.807, 2.05) is 0 Å². The fourth-order valence-corrected chi connectivity index (χ4v) is 2.00. The minimum absolute atomic E-state index is 0.0101. The Balaban J connectivity index is 2.16. The maximum Gasteiger partial charge on any atom is 0.312 e. The summed E-state index contributed by atoms with van der Waals surface area (Å²) in [6.07, 6.45) is 1.64. The minimum Gasteiger partial charge on any atom is -0.490 e. The van der Waals surface area contributed by atoms with Crippen molar-refractivity contribution in [3.63, 3.8) is 0 Å². The highest BCUT2D eigenvalue weighted by molar-refractivity contribution is 5.75. The lowest BCUT2D eigenvalue weighted by Gasteiger charge is -2.20. The number of ether oxygens (including phenoxy) is 2. The van der Waals surface area contributed by atoms with E-state index in [0.29, 0.717) is 11.3 Å². The first-order valence-electron chi connectivity index (χ1n) is 7.23. The second-order valence-electron chi connectivity index (χ2n) is 6.18. The predicted molar refractivity (Wildman–Crippen MR) is 86.1 cm³/mol. The van der Waals surface area contributed by atoms with Gasteiger partial charge in [-0.25, -0.2) is 0 Å². The van der Waals surface area contributed by atoms with Gasteiger partial charge in [0.1, 0.15) is 0 Å². The fraction of sp³-hybridized carbons (Fsp3) is 0.400. The Morgan fingerprint density at radius 1 is 1.38 bits per heavy atom. The van der Waals surface area contributed by atoms with E-state index >= 15 is 0 Å². The molecule has 0 aromatic heterocycles. The van der Waals surface area contributed by atoms with Gasteiger partial charge in [0.05, 0.1) is 23.1 Å². The SMILES string of the molecule is COc1c(C2=CN(COC(=O)C(C)(C)C)NN2)cccc1[N+](=O)[O-]. The van der Waals surface area contributed by atoms with Gasteiger partial charge in [0.25, 0.3) is 0 Å². The minimum atomic E-state index is -0.594. The molecule has 24 heavy (non-hydrogen) atoms. The number of carbonyl (C=O) groups excluding carboxylic acids is 1. The van der Waals surface area contributed by atoms with Crippen LogP contribution in [0.3, 0.4) is 0 Å². The molecule has 1 aliphatic heterocycles. The number of esters is 1. The van der Waals surface area contributed by atoms with Gasteiger partial charge in [-0.05, 0) is 26.8 Å². The highest BCUT2D eigenvalue weighted by atomic mass is 16.6. The molecule has 130 valence electrons. The number of methoxy groups -OCH3 is 1. The number of nitro groups is 1. The van der Waals surface area contributed by atoms with E-state index in [1.165, 1.54) is 18.2 Å². The monoisotopic (exact) mass is 336 g/mol. The summed E-state index contributed by atoms with van der Waals surface area (Å²) in [4.78, 5) is 22.4. The van der Waals surface area contributed by atoms with E-state index in [0.717, 1.165) is 0 Å². The predicted octanol–water partition coefficient (Wildman–Crippen LogP) is 1.77. The van der Waals surface area contributed by atoms with Crippen molar-refractivity contribution >= 4 is 17.4 Å². The average molecular weight is 336 g/mol. The Morgan fingerprint density at radius 3 is 2.67 bits per heavy atom. The van der Waals surface area contributed by atoms with Gasteiger partial charge in [0.15, 0.2) is 6.73 Å². The smallest absolute Gasteiger partial charge is 0.312 e. The summed E-state index contributed by atoms with van der Waals surface area (Å²) in [5, 5.41) is 12.6.